The number of carbonyl (C=O) groups excluding carboxylic acids is 1. The standard InChI is InChI=1S/C19H27ClN4O2/c1-6-24-15(14(20)10-21-24)11-23(5)18(25)17-13-9-12(19(2,3)4)7-8-16(13)26-22-17/h10,12H,6-9,11H2,1-5H3. The molecule has 0 bridgehead atoms. The van der Waals surface area contributed by atoms with E-state index >= 15 is 0 Å². The topological polar surface area (TPSA) is 64.2 Å². The van der Waals surface area contributed by atoms with Crippen LogP contribution >= 0.6 is 11.6 Å². The Morgan fingerprint density at radius 2 is 2.19 bits per heavy atom. The lowest BCUT2D eigenvalue weighted by atomic mass is 9.71. The molecule has 0 spiro atoms. The van der Waals surface area contributed by atoms with E-state index in [2.05, 4.69) is 31.0 Å². The third-order valence-electron chi connectivity index (χ3n) is 5.40. The summed E-state index contributed by atoms with van der Waals surface area (Å²) in [4.78, 5) is 14.6. The lowest BCUT2D eigenvalue weighted by molar-refractivity contribution is 0.0769. The van der Waals surface area contributed by atoms with E-state index in [1.54, 1.807) is 22.8 Å². The summed E-state index contributed by atoms with van der Waals surface area (Å²) in [6.07, 6.45) is 4.37. The van der Waals surface area contributed by atoms with Crippen LogP contribution in [0.15, 0.2) is 10.7 Å². The molecule has 1 aliphatic carbocycles. The number of rotatable bonds is 4. The number of aromatic nitrogens is 3. The van der Waals surface area contributed by atoms with Crippen molar-refractivity contribution < 1.29 is 9.32 Å². The maximum atomic E-state index is 13.0. The fraction of sp³-hybridized carbons (Fsp3) is 0.632. The number of amides is 1. The first-order chi connectivity index (χ1) is 12.2. The Morgan fingerprint density at radius 1 is 1.46 bits per heavy atom. The van der Waals surface area contributed by atoms with Crippen molar-refractivity contribution in [3.8, 4) is 0 Å². The van der Waals surface area contributed by atoms with Crippen molar-refractivity contribution in [2.45, 2.75) is 60.0 Å². The molecule has 7 heteroatoms. The van der Waals surface area contributed by atoms with Crippen LogP contribution in [-0.2, 0) is 25.9 Å². The minimum atomic E-state index is -0.135. The van der Waals surface area contributed by atoms with E-state index in [4.69, 9.17) is 16.1 Å². The molecule has 0 saturated heterocycles. The second kappa shape index (κ2) is 7.06. The molecule has 0 N–H and O–H groups in total. The average molecular weight is 379 g/mol. The van der Waals surface area contributed by atoms with Gasteiger partial charge in [-0.05, 0) is 31.1 Å². The number of fused-ring (bicyclic) bond motifs is 1. The van der Waals surface area contributed by atoms with Crippen LogP contribution in [0.1, 0.15) is 61.6 Å². The molecule has 2 aromatic heterocycles. The third-order valence-corrected chi connectivity index (χ3v) is 5.71. The average Bonchev–Trinajstić information content (AvgIpc) is 3.16. The Bertz CT molecular complexity index is 803. The normalized spacial score (nSPS) is 17.2. The Morgan fingerprint density at radius 3 is 2.85 bits per heavy atom. The lowest BCUT2D eigenvalue weighted by Gasteiger charge is -2.33. The number of halogens is 1. The molecular formula is C19H27ClN4O2. The first kappa shape index (κ1) is 19.0. The summed E-state index contributed by atoms with van der Waals surface area (Å²) in [5.41, 5.74) is 2.44. The lowest BCUT2D eigenvalue weighted by Crippen LogP contribution is -2.31. The minimum Gasteiger partial charge on any atom is -0.360 e. The van der Waals surface area contributed by atoms with Crippen LogP contribution < -0.4 is 0 Å². The van der Waals surface area contributed by atoms with Gasteiger partial charge in [0.25, 0.3) is 5.91 Å². The summed E-state index contributed by atoms with van der Waals surface area (Å²) < 4.78 is 7.29. The Hall–Kier alpha value is -1.82. The molecule has 6 nitrogen and oxygen atoms in total. The fourth-order valence-electron chi connectivity index (χ4n) is 3.61. The molecule has 0 fully saturated rings. The molecule has 1 aliphatic rings. The van der Waals surface area contributed by atoms with Gasteiger partial charge in [-0.25, -0.2) is 0 Å². The Balaban J connectivity index is 1.81. The van der Waals surface area contributed by atoms with E-state index in [-0.39, 0.29) is 11.3 Å². The molecule has 1 amide bonds. The molecule has 0 saturated carbocycles. The van der Waals surface area contributed by atoms with Crippen molar-refractivity contribution in [1.29, 1.82) is 0 Å². The van der Waals surface area contributed by atoms with Crippen LogP contribution in [0.2, 0.25) is 5.02 Å². The monoisotopic (exact) mass is 378 g/mol. The highest BCUT2D eigenvalue weighted by molar-refractivity contribution is 6.31. The highest BCUT2D eigenvalue weighted by Gasteiger charge is 2.34. The molecule has 2 heterocycles. The second-order valence-electron chi connectivity index (χ2n) is 8.15. The molecule has 142 valence electrons. The summed E-state index contributed by atoms with van der Waals surface area (Å²) in [5.74, 6) is 1.24. The summed E-state index contributed by atoms with van der Waals surface area (Å²) in [7, 11) is 1.76. The molecule has 3 rings (SSSR count). The van der Waals surface area contributed by atoms with Crippen molar-refractivity contribution >= 4 is 17.5 Å². The Labute approximate surface area is 159 Å². The molecule has 26 heavy (non-hydrogen) atoms. The van der Waals surface area contributed by atoms with Gasteiger partial charge in [-0.15, -0.1) is 0 Å². The van der Waals surface area contributed by atoms with Crippen LogP contribution in [-0.4, -0.2) is 32.8 Å². The summed E-state index contributed by atoms with van der Waals surface area (Å²) in [6, 6.07) is 0. The van der Waals surface area contributed by atoms with Gasteiger partial charge >= 0.3 is 0 Å². The van der Waals surface area contributed by atoms with Crippen molar-refractivity contribution in [1.82, 2.24) is 19.8 Å². The van der Waals surface area contributed by atoms with Gasteiger partial charge in [-0.1, -0.05) is 37.5 Å². The van der Waals surface area contributed by atoms with E-state index < -0.39 is 0 Å². The number of nitrogens with zero attached hydrogens (tertiary/aromatic N) is 4. The summed E-state index contributed by atoms with van der Waals surface area (Å²) >= 11 is 6.23. The molecule has 0 radical (unpaired) electrons. The molecule has 0 aliphatic heterocycles. The van der Waals surface area contributed by atoms with Crippen molar-refractivity contribution in [2.75, 3.05) is 7.05 Å². The first-order valence-corrected chi connectivity index (χ1v) is 9.53. The van der Waals surface area contributed by atoms with E-state index in [1.807, 2.05) is 6.92 Å². The minimum absolute atomic E-state index is 0.135. The van der Waals surface area contributed by atoms with E-state index in [9.17, 15) is 4.79 Å². The van der Waals surface area contributed by atoms with Crippen molar-refractivity contribution in [2.24, 2.45) is 11.3 Å². The van der Waals surface area contributed by atoms with Crippen molar-refractivity contribution in [3.05, 3.63) is 33.9 Å². The maximum absolute atomic E-state index is 13.0. The van der Waals surface area contributed by atoms with Gasteiger partial charge in [0, 0.05) is 25.6 Å². The van der Waals surface area contributed by atoms with Gasteiger partial charge in [0.2, 0.25) is 0 Å². The predicted octanol–water partition coefficient (Wildman–Crippen LogP) is 3.97. The van der Waals surface area contributed by atoms with Crippen LogP contribution in [0.25, 0.3) is 0 Å². The summed E-state index contributed by atoms with van der Waals surface area (Å²) in [6.45, 7) is 9.83. The van der Waals surface area contributed by atoms with E-state index in [0.29, 0.717) is 29.7 Å². The first-order valence-electron chi connectivity index (χ1n) is 9.15. The van der Waals surface area contributed by atoms with Crippen LogP contribution in [0.5, 0.6) is 0 Å². The number of aryl methyl sites for hydroxylation is 2. The van der Waals surface area contributed by atoms with Gasteiger partial charge in [-0.2, -0.15) is 5.10 Å². The van der Waals surface area contributed by atoms with Gasteiger partial charge in [-0.3, -0.25) is 9.48 Å². The highest BCUT2D eigenvalue weighted by atomic mass is 35.5. The largest absolute Gasteiger partial charge is 0.360 e. The van der Waals surface area contributed by atoms with E-state index in [0.717, 1.165) is 36.3 Å². The van der Waals surface area contributed by atoms with Crippen molar-refractivity contribution in [3.63, 3.8) is 0 Å². The zero-order valence-electron chi connectivity index (χ0n) is 16.2. The van der Waals surface area contributed by atoms with Crippen LogP contribution in [0.3, 0.4) is 0 Å². The van der Waals surface area contributed by atoms with Crippen LogP contribution in [0.4, 0.5) is 0 Å². The fourth-order valence-corrected chi connectivity index (χ4v) is 3.81. The molecule has 1 atom stereocenters. The molecule has 0 aromatic carbocycles. The second-order valence-corrected chi connectivity index (χ2v) is 8.56. The number of carbonyl (C=O) groups is 1. The number of hydrogen-bond donors (Lipinski definition) is 0. The zero-order chi connectivity index (χ0) is 19.1. The molecule has 1 unspecified atom stereocenters. The van der Waals surface area contributed by atoms with Gasteiger partial charge in [0.1, 0.15) is 5.76 Å². The smallest absolute Gasteiger partial charge is 0.276 e. The summed E-state index contributed by atoms with van der Waals surface area (Å²) in [5, 5.41) is 8.91. The van der Waals surface area contributed by atoms with Gasteiger partial charge in [0.05, 0.1) is 23.5 Å². The van der Waals surface area contributed by atoms with Crippen LogP contribution in [0, 0.1) is 11.3 Å². The quantitative estimate of drug-likeness (QED) is 0.807. The molecule has 2 aromatic rings. The van der Waals surface area contributed by atoms with Gasteiger partial charge < -0.3 is 9.42 Å². The van der Waals surface area contributed by atoms with E-state index in [1.165, 1.54) is 0 Å². The number of hydrogen-bond acceptors (Lipinski definition) is 4. The predicted molar refractivity (Wildman–Crippen MR) is 100 cm³/mol. The van der Waals surface area contributed by atoms with Gasteiger partial charge in [0.15, 0.2) is 5.69 Å². The Kier molecular flexibility index (Phi) is 5.15. The molecular weight excluding hydrogens is 352 g/mol. The maximum Gasteiger partial charge on any atom is 0.276 e. The third kappa shape index (κ3) is 3.52. The zero-order valence-corrected chi connectivity index (χ0v) is 16.9. The highest BCUT2D eigenvalue weighted by Crippen LogP contribution is 2.38. The SMILES string of the molecule is CCn1ncc(Cl)c1CN(C)C(=O)c1noc2c1CC(C(C)(C)C)CC2.